The van der Waals surface area contributed by atoms with Crippen LogP contribution in [0.1, 0.15) is 30.0 Å². The van der Waals surface area contributed by atoms with Crippen molar-refractivity contribution in [1.29, 1.82) is 0 Å². The van der Waals surface area contributed by atoms with Crippen molar-refractivity contribution in [1.82, 2.24) is 4.90 Å². The molecule has 118 valence electrons. The number of piperidine rings is 1. The van der Waals surface area contributed by atoms with Gasteiger partial charge >= 0.3 is 6.18 Å². The molecule has 0 spiro atoms. The number of hydrogen-bond acceptors (Lipinski definition) is 3. The van der Waals surface area contributed by atoms with Crippen LogP contribution in [0.15, 0.2) is 18.2 Å². The summed E-state index contributed by atoms with van der Waals surface area (Å²) in [5.74, 6) is 0. The van der Waals surface area contributed by atoms with Crippen LogP contribution in [-0.4, -0.2) is 39.9 Å². The van der Waals surface area contributed by atoms with Crippen molar-refractivity contribution >= 4 is 0 Å². The van der Waals surface area contributed by atoms with Crippen molar-refractivity contribution in [3.8, 4) is 0 Å². The molecule has 1 aliphatic heterocycles. The molecular formula is C15H20F3NO2. The van der Waals surface area contributed by atoms with Crippen molar-refractivity contribution in [2.75, 3.05) is 13.1 Å². The first-order valence-electron chi connectivity index (χ1n) is 6.89. The zero-order chi connectivity index (χ0) is 15.8. The van der Waals surface area contributed by atoms with Gasteiger partial charge in [-0.15, -0.1) is 0 Å². The predicted molar refractivity (Wildman–Crippen MR) is 72.7 cm³/mol. The van der Waals surface area contributed by atoms with E-state index in [-0.39, 0.29) is 6.54 Å². The van der Waals surface area contributed by atoms with Gasteiger partial charge in [-0.2, -0.15) is 13.2 Å². The number of nitrogens with zero attached hydrogens (tertiary/aromatic N) is 1. The smallest absolute Gasteiger partial charge is 0.389 e. The molecule has 0 bridgehead atoms. The normalized spacial score (nSPS) is 27.9. The van der Waals surface area contributed by atoms with Crippen LogP contribution in [0, 0.1) is 6.92 Å². The van der Waals surface area contributed by atoms with Gasteiger partial charge in [0.15, 0.2) is 0 Å². The maximum Gasteiger partial charge on any atom is 0.416 e. The highest BCUT2D eigenvalue weighted by molar-refractivity contribution is 5.32. The molecule has 3 nitrogen and oxygen atoms in total. The minimum atomic E-state index is -4.35. The number of aryl methyl sites for hydroxylation is 1. The minimum absolute atomic E-state index is 0.253. The highest BCUT2D eigenvalue weighted by Gasteiger charge is 2.36. The Bertz CT molecular complexity index is 514. The fourth-order valence-corrected chi connectivity index (χ4v) is 2.49. The van der Waals surface area contributed by atoms with Crippen LogP contribution in [0.3, 0.4) is 0 Å². The summed E-state index contributed by atoms with van der Waals surface area (Å²) in [6.07, 6.45) is -4.85. The minimum Gasteiger partial charge on any atom is -0.389 e. The van der Waals surface area contributed by atoms with Crippen molar-refractivity contribution in [2.24, 2.45) is 0 Å². The number of alkyl halides is 3. The van der Waals surface area contributed by atoms with Gasteiger partial charge in [0, 0.05) is 19.6 Å². The molecular weight excluding hydrogens is 283 g/mol. The van der Waals surface area contributed by atoms with Crippen molar-refractivity contribution < 1.29 is 23.4 Å². The van der Waals surface area contributed by atoms with Crippen LogP contribution in [0.2, 0.25) is 0 Å². The molecule has 1 saturated heterocycles. The molecule has 1 aromatic carbocycles. The summed E-state index contributed by atoms with van der Waals surface area (Å²) in [4.78, 5) is 1.87. The molecule has 1 aliphatic rings. The van der Waals surface area contributed by atoms with E-state index in [4.69, 9.17) is 0 Å². The van der Waals surface area contributed by atoms with Crippen LogP contribution in [-0.2, 0) is 12.7 Å². The van der Waals surface area contributed by atoms with Crippen LogP contribution in [0.5, 0.6) is 0 Å². The van der Waals surface area contributed by atoms with Gasteiger partial charge in [-0.25, -0.2) is 0 Å². The lowest BCUT2D eigenvalue weighted by molar-refractivity contribution is -0.137. The zero-order valence-corrected chi connectivity index (χ0v) is 12.1. The number of aliphatic hydroxyl groups excluding tert-OH is 1. The van der Waals surface area contributed by atoms with E-state index in [1.807, 2.05) is 4.90 Å². The van der Waals surface area contributed by atoms with E-state index in [1.54, 1.807) is 13.8 Å². The molecule has 0 aliphatic carbocycles. The van der Waals surface area contributed by atoms with Gasteiger partial charge in [0.05, 0.1) is 17.3 Å². The Morgan fingerprint density at radius 2 is 2.05 bits per heavy atom. The Hall–Kier alpha value is -1.11. The highest BCUT2D eigenvalue weighted by atomic mass is 19.4. The Morgan fingerprint density at radius 1 is 1.38 bits per heavy atom. The van der Waals surface area contributed by atoms with Crippen LogP contribution in [0.25, 0.3) is 0 Å². The zero-order valence-electron chi connectivity index (χ0n) is 12.1. The van der Waals surface area contributed by atoms with E-state index in [2.05, 4.69) is 0 Å². The first kappa shape index (κ1) is 16.3. The average Bonchev–Trinajstić information content (AvgIpc) is 2.35. The third-order valence-electron chi connectivity index (χ3n) is 4.15. The van der Waals surface area contributed by atoms with Gasteiger partial charge in [-0.1, -0.05) is 6.07 Å². The van der Waals surface area contributed by atoms with Gasteiger partial charge in [0.25, 0.3) is 0 Å². The van der Waals surface area contributed by atoms with E-state index in [0.717, 1.165) is 17.7 Å². The number of benzene rings is 1. The summed E-state index contributed by atoms with van der Waals surface area (Å²) in [6.45, 7) is 4.47. The number of rotatable bonds is 2. The van der Waals surface area contributed by atoms with Gasteiger partial charge in [-0.05, 0) is 43.5 Å². The maximum atomic E-state index is 12.8. The molecule has 1 heterocycles. The summed E-state index contributed by atoms with van der Waals surface area (Å²) >= 11 is 0. The molecule has 2 N–H and O–H groups in total. The van der Waals surface area contributed by atoms with Gasteiger partial charge < -0.3 is 10.2 Å². The van der Waals surface area contributed by atoms with E-state index in [1.165, 1.54) is 6.07 Å². The summed E-state index contributed by atoms with van der Waals surface area (Å²) in [5.41, 5.74) is -0.402. The van der Waals surface area contributed by atoms with E-state index >= 15 is 0 Å². The molecule has 2 atom stereocenters. The Balaban J connectivity index is 2.13. The SMILES string of the molecule is Cc1ccc(C(F)(F)F)cc1CN1CCC(C)(O)C(O)C1. The summed E-state index contributed by atoms with van der Waals surface area (Å²) in [5, 5.41) is 19.8. The number of aliphatic hydroxyl groups is 2. The molecule has 21 heavy (non-hydrogen) atoms. The standard InChI is InChI=1S/C15H20F3NO2/c1-10-3-4-12(15(16,17)18)7-11(10)8-19-6-5-14(2,21)13(20)9-19/h3-4,7,13,20-21H,5-6,8-9H2,1-2H3. The second kappa shape index (κ2) is 5.59. The third-order valence-corrected chi connectivity index (χ3v) is 4.15. The Kier molecular flexibility index (Phi) is 4.33. The lowest BCUT2D eigenvalue weighted by Crippen LogP contribution is -2.53. The number of hydrogen-bond donors (Lipinski definition) is 2. The van der Waals surface area contributed by atoms with Gasteiger partial charge in [0.1, 0.15) is 0 Å². The lowest BCUT2D eigenvalue weighted by atomic mass is 9.90. The predicted octanol–water partition coefficient (Wildman–Crippen LogP) is 2.33. The largest absolute Gasteiger partial charge is 0.416 e. The highest BCUT2D eigenvalue weighted by Crippen LogP contribution is 2.31. The molecule has 2 unspecified atom stereocenters. The van der Waals surface area contributed by atoms with Crippen LogP contribution >= 0.6 is 0 Å². The van der Waals surface area contributed by atoms with Crippen LogP contribution < -0.4 is 0 Å². The Morgan fingerprint density at radius 3 is 2.62 bits per heavy atom. The Labute approximate surface area is 122 Å². The topological polar surface area (TPSA) is 43.7 Å². The first-order valence-corrected chi connectivity index (χ1v) is 6.89. The van der Waals surface area contributed by atoms with Crippen molar-refractivity contribution in [2.45, 2.75) is 44.7 Å². The lowest BCUT2D eigenvalue weighted by Gasteiger charge is -2.40. The second-order valence-electron chi connectivity index (χ2n) is 6.00. The molecule has 1 aromatic rings. The summed E-state index contributed by atoms with van der Waals surface area (Å²) < 4.78 is 38.3. The fraction of sp³-hybridized carbons (Fsp3) is 0.600. The molecule has 0 saturated carbocycles. The number of halogens is 3. The van der Waals surface area contributed by atoms with Gasteiger partial charge in [-0.3, -0.25) is 4.90 Å². The van der Waals surface area contributed by atoms with Gasteiger partial charge in [0.2, 0.25) is 0 Å². The molecule has 0 amide bonds. The second-order valence-corrected chi connectivity index (χ2v) is 6.00. The molecule has 0 radical (unpaired) electrons. The summed E-state index contributed by atoms with van der Waals surface area (Å²) in [7, 11) is 0. The molecule has 6 heteroatoms. The molecule has 1 fully saturated rings. The van der Waals surface area contributed by atoms with Crippen molar-refractivity contribution in [3.05, 3.63) is 34.9 Å². The average molecular weight is 303 g/mol. The number of β-amino-alcohol motifs (C(OH)–C–C–N with tert-alkyl or cyclic N) is 1. The van der Waals surface area contributed by atoms with E-state index in [0.29, 0.717) is 25.1 Å². The maximum absolute atomic E-state index is 12.8. The quantitative estimate of drug-likeness (QED) is 0.881. The van der Waals surface area contributed by atoms with Crippen molar-refractivity contribution in [3.63, 3.8) is 0 Å². The van der Waals surface area contributed by atoms with E-state index < -0.39 is 23.4 Å². The summed E-state index contributed by atoms with van der Waals surface area (Å²) in [6, 6.07) is 3.71. The third kappa shape index (κ3) is 3.75. The first-order chi connectivity index (χ1) is 9.59. The van der Waals surface area contributed by atoms with Crippen LogP contribution in [0.4, 0.5) is 13.2 Å². The monoisotopic (exact) mass is 303 g/mol. The van der Waals surface area contributed by atoms with E-state index in [9.17, 15) is 23.4 Å². The fourth-order valence-electron chi connectivity index (χ4n) is 2.49. The molecule has 0 aromatic heterocycles. The number of likely N-dealkylation sites (tertiary alicyclic amines) is 1. The molecule has 2 rings (SSSR count).